The number of halogens is 1. The Balaban J connectivity index is 1.78. The van der Waals surface area contributed by atoms with Crippen molar-refractivity contribution in [1.82, 2.24) is 5.32 Å². The van der Waals surface area contributed by atoms with E-state index in [0.29, 0.717) is 19.4 Å². The largest absolute Gasteiger partial charge is 0.351 e. The Morgan fingerprint density at radius 1 is 1.56 bits per heavy atom. The topological polar surface area (TPSA) is 63.2 Å². The van der Waals surface area contributed by atoms with Crippen LogP contribution in [-0.2, 0) is 21.2 Å². The molecule has 0 aromatic carbocycles. The number of thiophene rings is 1. The van der Waals surface area contributed by atoms with Crippen LogP contribution in [0.2, 0.25) is 0 Å². The van der Waals surface area contributed by atoms with E-state index in [2.05, 4.69) is 21.2 Å². The molecule has 1 atom stereocenters. The molecule has 0 saturated carbocycles. The molecular weight excluding hydrogens is 338 g/mol. The lowest BCUT2D eigenvalue weighted by atomic mass is 10.1. The van der Waals surface area contributed by atoms with E-state index in [9.17, 15) is 13.2 Å². The second-order valence-corrected chi connectivity index (χ2v) is 8.53. The molecule has 100 valence electrons. The molecular formula is C11H14BrNO3S2. The van der Waals surface area contributed by atoms with Crippen molar-refractivity contribution in [2.75, 3.05) is 11.5 Å². The maximum absolute atomic E-state index is 11.7. The molecule has 0 bridgehead atoms. The van der Waals surface area contributed by atoms with E-state index in [1.807, 2.05) is 11.4 Å². The minimum Gasteiger partial charge on any atom is -0.351 e. The van der Waals surface area contributed by atoms with Crippen LogP contribution in [0, 0.1) is 5.92 Å². The molecule has 18 heavy (non-hydrogen) atoms. The van der Waals surface area contributed by atoms with Crippen molar-refractivity contribution in [3.05, 3.63) is 20.8 Å². The fourth-order valence-corrected chi connectivity index (χ4v) is 5.29. The highest BCUT2D eigenvalue weighted by Crippen LogP contribution is 2.23. The summed E-state index contributed by atoms with van der Waals surface area (Å²) in [5.41, 5.74) is 0. The molecule has 1 fully saturated rings. The minimum atomic E-state index is -2.89. The number of nitrogens with one attached hydrogen (secondary N) is 1. The molecule has 0 aliphatic carbocycles. The van der Waals surface area contributed by atoms with Crippen molar-refractivity contribution in [1.29, 1.82) is 0 Å². The van der Waals surface area contributed by atoms with Crippen LogP contribution in [0.4, 0.5) is 0 Å². The molecule has 2 heterocycles. The van der Waals surface area contributed by atoms with Crippen LogP contribution in [0.15, 0.2) is 15.9 Å². The zero-order chi connectivity index (χ0) is 13.2. The number of sulfone groups is 1. The van der Waals surface area contributed by atoms with E-state index in [1.165, 1.54) is 0 Å². The third-order valence-electron chi connectivity index (χ3n) is 2.94. The third kappa shape index (κ3) is 3.80. The normalized spacial score (nSPS) is 21.9. The Hall–Kier alpha value is -0.400. The van der Waals surface area contributed by atoms with Crippen LogP contribution in [0.3, 0.4) is 0 Å². The highest BCUT2D eigenvalue weighted by atomic mass is 79.9. The lowest BCUT2D eigenvalue weighted by Gasteiger charge is -2.08. The number of carbonyl (C=O) groups is 1. The van der Waals surface area contributed by atoms with Crippen molar-refractivity contribution >= 4 is 43.0 Å². The van der Waals surface area contributed by atoms with E-state index in [-0.39, 0.29) is 23.3 Å². The van der Waals surface area contributed by atoms with Gasteiger partial charge in [-0.2, -0.15) is 0 Å². The summed E-state index contributed by atoms with van der Waals surface area (Å²) in [5, 5.41) is 4.78. The smallest absolute Gasteiger partial charge is 0.220 e. The van der Waals surface area contributed by atoms with E-state index in [1.54, 1.807) is 11.3 Å². The summed E-state index contributed by atoms with van der Waals surface area (Å²) >= 11 is 4.98. The third-order valence-corrected chi connectivity index (χ3v) is 6.70. The summed E-state index contributed by atoms with van der Waals surface area (Å²) in [6.07, 6.45) is 0.917. The highest BCUT2D eigenvalue weighted by molar-refractivity contribution is 9.10. The zero-order valence-corrected chi connectivity index (χ0v) is 12.9. The van der Waals surface area contributed by atoms with Gasteiger partial charge in [-0.15, -0.1) is 11.3 Å². The highest BCUT2D eigenvalue weighted by Gasteiger charge is 2.29. The Bertz CT molecular complexity index is 538. The maximum atomic E-state index is 11.7. The minimum absolute atomic E-state index is 0.0122. The summed E-state index contributed by atoms with van der Waals surface area (Å²) in [7, 11) is -2.89. The molecule has 1 aromatic heterocycles. The lowest BCUT2D eigenvalue weighted by Crippen LogP contribution is -2.25. The molecule has 1 N–H and O–H groups in total. The first-order valence-electron chi connectivity index (χ1n) is 5.65. The summed E-state index contributed by atoms with van der Waals surface area (Å²) in [4.78, 5) is 12.8. The van der Waals surface area contributed by atoms with Gasteiger partial charge in [0, 0.05) is 15.8 Å². The second kappa shape index (κ2) is 5.71. The average Bonchev–Trinajstić information content (AvgIpc) is 2.82. The first-order valence-corrected chi connectivity index (χ1v) is 9.15. The van der Waals surface area contributed by atoms with Crippen LogP contribution in [0.1, 0.15) is 17.7 Å². The molecule has 0 radical (unpaired) electrons. The van der Waals surface area contributed by atoms with Gasteiger partial charge >= 0.3 is 0 Å². The first kappa shape index (κ1) is 14.0. The fourth-order valence-electron chi connectivity index (χ4n) is 2.00. The Morgan fingerprint density at radius 2 is 2.33 bits per heavy atom. The van der Waals surface area contributed by atoms with Gasteiger partial charge in [0.05, 0.1) is 18.1 Å². The van der Waals surface area contributed by atoms with Gasteiger partial charge in [-0.25, -0.2) is 8.42 Å². The summed E-state index contributed by atoms with van der Waals surface area (Å²) < 4.78 is 23.5. The van der Waals surface area contributed by atoms with Crippen molar-refractivity contribution in [2.24, 2.45) is 5.92 Å². The van der Waals surface area contributed by atoms with Crippen LogP contribution >= 0.6 is 27.3 Å². The van der Waals surface area contributed by atoms with Gasteiger partial charge in [0.15, 0.2) is 9.84 Å². The van der Waals surface area contributed by atoms with Gasteiger partial charge in [-0.3, -0.25) is 4.79 Å². The van der Waals surface area contributed by atoms with Gasteiger partial charge < -0.3 is 5.32 Å². The quantitative estimate of drug-likeness (QED) is 0.901. The van der Waals surface area contributed by atoms with E-state index >= 15 is 0 Å². The molecule has 1 aromatic rings. The number of rotatable bonds is 4. The molecule has 7 heteroatoms. The first-order chi connectivity index (χ1) is 8.46. The van der Waals surface area contributed by atoms with Gasteiger partial charge in [-0.05, 0) is 39.7 Å². The van der Waals surface area contributed by atoms with Crippen molar-refractivity contribution in [3.8, 4) is 0 Å². The Kier molecular flexibility index (Phi) is 4.45. The number of hydrogen-bond acceptors (Lipinski definition) is 4. The standard InChI is InChI=1S/C11H14BrNO3S2/c12-9-1-3-17-10(9)6-13-11(14)5-8-2-4-18(15,16)7-8/h1,3,8H,2,4-7H2,(H,13,14). The summed E-state index contributed by atoms with van der Waals surface area (Å²) in [5.74, 6) is 0.295. The van der Waals surface area contributed by atoms with E-state index in [4.69, 9.17) is 0 Å². The summed E-state index contributed by atoms with van der Waals surface area (Å²) in [6.45, 7) is 0.497. The predicted molar refractivity (Wildman–Crippen MR) is 75.2 cm³/mol. The molecule has 1 unspecified atom stereocenters. The van der Waals surface area contributed by atoms with Crippen LogP contribution in [0.25, 0.3) is 0 Å². The molecule has 2 rings (SSSR count). The summed E-state index contributed by atoms with van der Waals surface area (Å²) in [6, 6.07) is 1.94. The monoisotopic (exact) mass is 351 g/mol. The van der Waals surface area contributed by atoms with Crippen LogP contribution in [-0.4, -0.2) is 25.8 Å². The van der Waals surface area contributed by atoms with Gasteiger partial charge in [0.25, 0.3) is 0 Å². The molecule has 0 spiro atoms. The lowest BCUT2D eigenvalue weighted by molar-refractivity contribution is -0.122. The maximum Gasteiger partial charge on any atom is 0.220 e. The second-order valence-electron chi connectivity index (χ2n) is 4.44. The molecule has 1 saturated heterocycles. The average molecular weight is 352 g/mol. The van der Waals surface area contributed by atoms with Gasteiger partial charge in [0.1, 0.15) is 0 Å². The molecule has 1 amide bonds. The van der Waals surface area contributed by atoms with Gasteiger partial charge in [0.2, 0.25) is 5.91 Å². The van der Waals surface area contributed by atoms with Crippen molar-refractivity contribution in [2.45, 2.75) is 19.4 Å². The van der Waals surface area contributed by atoms with Crippen LogP contribution in [0.5, 0.6) is 0 Å². The van der Waals surface area contributed by atoms with Crippen molar-refractivity contribution < 1.29 is 13.2 Å². The van der Waals surface area contributed by atoms with E-state index in [0.717, 1.165) is 9.35 Å². The predicted octanol–water partition coefficient (Wildman–Crippen LogP) is 1.95. The Labute approximate surface area is 119 Å². The van der Waals surface area contributed by atoms with Crippen LogP contribution < -0.4 is 5.32 Å². The molecule has 4 nitrogen and oxygen atoms in total. The molecule has 1 aliphatic heterocycles. The number of hydrogen-bond donors (Lipinski definition) is 1. The number of amides is 1. The van der Waals surface area contributed by atoms with E-state index < -0.39 is 9.84 Å². The molecule has 1 aliphatic rings. The number of carbonyl (C=O) groups excluding carboxylic acids is 1. The van der Waals surface area contributed by atoms with Crippen molar-refractivity contribution in [3.63, 3.8) is 0 Å². The Morgan fingerprint density at radius 3 is 2.89 bits per heavy atom. The SMILES string of the molecule is O=C(CC1CCS(=O)(=O)C1)NCc1sccc1Br. The van der Waals surface area contributed by atoms with Gasteiger partial charge in [-0.1, -0.05) is 0 Å². The zero-order valence-electron chi connectivity index (χ0n) is 9.69. The fraction of sp³-hybridized carbons (Fsp3) is 0.545.